The van der Waals surface area contributed by atoms with Crippen LogP contribution in [0.4, 0.5) is 4.79 Å². The van der Waals surface area contributed by atoms with E-state index in [9.17, 15) is 9.59 Å². The average molecular weight is 314 g/mol. The van der Waals surface area contributed by atoms with E-state index in [1.54, 1.807) is 16.6 Å². The predicted octanol–water partition coefficient (Wildman–Crippen LogP) is 0.249. The van der Waals surface area contributed by atoms with Gasteiger partial charge in [0, 0.05) is 13.6 Å². The summed E-state index contributed by atoms with van der Waals surface area (Å²) in [6.07, 6.45) is 0. The molecule has 1 aliphatic heterocycles. The Morgan fingerprint density at radius 2 is 2.04 bits per heavy atom. The summed E-state index contributed by atoms with van der Waals surface area (Å²) in [7, 11) is 1.55. The van der Waals surface area contributed by atoms with Crippen molar-refractivity contribution in [2.45, 2.75) is 26.2 Å². The lowest BCUT2D eigenvalue weighted by molar-refractivity contribution is -0.135. The van der Waals surface area contributed by atoms with E-state index in [1.165, 1.54) is 0 Å². The summed E-state index contributed by atoms with van der Waals surface area (Å²) in [6.45, 7) is 1.44. The third kappa shape index (κ3) is 3.31. The van der Waals surface area contributed by atoms with Gasteiger partial charge in [0.05, 0.1) is 18.8 Å². The number of carbonyl (C=O) groups excluding carboxylic acids is 2. The number of urea groups is 1. The van der Waals surface area contributed by atoms with Crippen LogP contribution in [0.5, 0.6) is 0 Å². The number of nitrogens with one attached hydrogen (secondary N) is 2. The molecule has 3 amide bonds. The summed E-state index contributed by atoms with van der Waals surface area (Å²) >= 11 is 0. The first-order valence-corrected chi connectivity index (χ1v) is 7.36. The number of carbonyl (C=O) groups is 2. The normalized spacial score (nSPS) is 13.6. The van der Waals surface area contributed by atoms with Crippen LogP contribution in [0.1, 0.15) is 17.0 Å². The Kier molecular flexibility index (Phi) is 4.22. The van der Waals surface area contributed by atoms with Crippen LogP contribution in [0.25, 0.3) is 0 Å². The van der Waals surface area contributed by atoms with Gasteiger partial charge in [0.25, 0.3) is 0 Å². The number of benzene rings is 1. The van der Waals surface area contributed by atoms with Crippen molar-refractivity contribution in [1.29, 1.82) is 0 Å². The second-order valence-corrected chi connectivity index (χ2v) is 5.31. The van der Waals surface area contributed by atoms with Gasteiger partial charge in [-0.1, -0.05) is 35.5 Å². The summed E-state index contributed by atoms with van der Waals surface area (Å²) in [5.41, 5.74) is 2.61. The molecule has 0 bridgehead atoms. The lowest BCUT2D eigenvalue weighted by atomic mass is 10.1. The van der Waals surface area contributed by atoms with Gasteiger partial charge in [-0.25, -0.2) is 9.48 Å². The van der Waals surface area contributed by atoms with Crippen molar-refractivity contribution < 1.29 is 9.59 Å². The van der Waals surface area contributed by atoms with Crippen molar-refractivity contribution in [2.24, 2.45) is 0 Å². The maximum Gasteiger partial charge on any atom is 0.314 e. The summed E-state index contributed by atoms with van der Waals surface area (Å²) in [5.74, 6) is 0.0112. The number of hydrogen-bond donors (Lipinski definition) is 2. The molecule has 0 aliphatic carbocycles. The molecule has 1 aliphatic rings. The molecule has 0 unspecified atom stereocenters. The molecule has 23 heavy (non-hydrogen) atoms. The predicted molar refractivity (Wildman–Crippen MR) is 82.0 cm³/mol. The first-order chi connectivity index (χ1) is 11.2. The van der Waals surface area contributed by atoms with E-state index in [1.807, 2.05) is 30.3 Å². The van der Waals surface area contributed by atoms with E-state index < -0.39 is 0 Å². The van der Waals surface area contributed by atoms with Crippen molar-refractivity contribution in [1.82, 2.24) is 30.5 Å². The first kappa shape index (κ1) is 15.0. The smallest absolute Gasteiger partial charge is 0.314 e. The van der Waals surface area contributed by atoms with E-state index in [0.717, 1.165) is 11.3 Å². The quantitative estimate of drug-likeness (QED) is 0.846. The monoisotopic (exact) mass is 314 g/mol. The maximum atomic E-state index is 12.2. The van der Waals surface area contributed by atoms with Gasteiger partial charge in [-0.15, -0.1) is 5.10 Å². The summed E-state index contributed by atoms with van der Waals surface area (Å²) in [4.78, 5) is 25.3. The second kappa shape index (κ2) is 6.47. The highest BCUT2D eigenvalue weighted by Gasteiger charge is 2.27. The van der Waals surface area contributed by atoms with Crippen molar-refractivity contribution in [3.05, 3.63) is 47.3 Å². The molecule has 0 saturated heterocycles. The first-order valence-electron chi connectivity index (χ1n) is 7.36. The lowest BCUT2D eigenvalue weighted by Crippen LogP contribution is -2.39. The van der Waals surface area contributed by atoms with Crippen LogP contribution < -0.4 is 10.6 Å². The van der Waals surface area contributed by atoms with Crippen LogP contribution in [-0.2, 0) is 31.0 Å². The largest absolute Gasteiger partial charge is 0.341 e. The fourth-order valence-electron chi connectivity index (χ4n) is 2.50. The zero-order valence-corrected chi connectivity index (χ0v) is 12.8. The third-order valence-corrected chi connectivity index (χ3v) is 3.76. The molecule has 8 nitrogen and oxygen atoms in total. The van der Waals surface area contributed by atoms with Crippen molar-refractivity contribution in [3.8, 4) is 0 Å². The Morgan fingerprint density at radius 1 is 1.26 bits per heavy atom. The van der Waals surface area contributed by atoms with Crippen LogP contribution in [0.15, 0.2) is 30.3 Å². The summed E-state index contributed by atoms with van der Waals surface area (Å²) < 4.78 is 1.60. The summed E-state index contributed by atoms with van der Waals surface area (Å²) in [6, 6.07) is 9.56. The van der Waals surface area contributed by atoms with Crippen LogP contribution in [0.2, 0.25) is 0 Å². The topological polar surface area (TPSA) is 92.2 Å². The van der Waals surface area contributed by atoms with Gasteiger partial charge in [-0.3, -0.25) is 4.79 Å². The van der Waals surface area contributed by atoms with Crippen molar-refractivity contribution >= 4 is 11.9 Å². The highest BCUT2D eigenvalue weighted by Crippen LogP contribution is 2.17. The minimum absolute atomic E-state index is 0.0112. The van der Waals surface area contributed by atoms with E-state index in [2.05, 4.69) is 20.9 Å². The molecule has 1 aromatic carbocycles. The molecular weight excluding hydrogens is 296 g/mol. The minimum atomic E-state index is -0.278. The lowest BCUT2D eigenvalue weighted by Gasteiger charge is -2.27. The Bertz CT molecular complexity index is 712. The minimum Gasteiger partial charge on any atom is -0.341 e. The molecular formula is C15H18N6O2. The standard InChI is InChI=1S/C15H18N6O2/c1-16-15(23)17-7-12-13-9-20(8-11-5-3-2-4-6-11)14(22)10-21(13)19-18-12/h2-6H,7-10H2,1H3,(H2,16,17,23). The van der Waals surface area contributed by atoms with E-state index in [0.29, 0.717) is 18.8 Å². The molecule has 0 fully saturated rings. The highest BCUT2D eigenvalue weighted by molar-refractivity contribution is 5.77. The zero-order chi connectivity index (χ0) is 16.2. The van der Waals surface area contributed by atoms with Gasteiger partial charge >= 0.3 is 6.03 Å². The van der Waals surface area contributed by atoms with Crippen molar-refractivity contribution in [2.75, 3.05) is 7.05 Å². The molecule has 0 radical (unpaired) electrons. The van der Waals surface area contributed by atoms with E-state index in [-0.39, 0.29) is 25.0 Å². The number of fused-ring (bicyclic) bond motifs is 1. The molecule has 0 saturated carbocycles. The molecule has 2 N–H and O–H groups in total. The third-order valence-electron chi connectivity index (χ3n) is 3.76. The van der Waals surface area contributed by atoms with Crippen LogP contribution >= 0.6 is 0 Å². The summed E-state index contributed by atoms with van der Waals surface area (Å²) in [5, 5.41) is 13.2. The van der Waals surface area contributed by atoms with Crippen LogP contribution in [-0.4, -0.2) is 38.9 Å². The van der Waals surface area contributed by atoms with Gasteiger partial charge in [-0.05, 0) is 5.56 Å². The number of nitrogens with zero attached hydrogens (tertiary/aromatic N) is 4. The Balaban J connectivity index is 1.73. The molecule has 0 spiro atoms. The molecule has 1 aromatic heterocycles. The van der Waals surface area contributed by atoms with E-state index in [4.69, 9.17) is 0 Å². The molecule has 2 aromatic rings. The van der Waals surface area contributed by atoms with Crippen LogP contribution in [0, 0.1) is 0 Å². The average Bonchev–Trinajstić information content (AvgIpc) is 2.95. The molecule has 2 heterocycles. The van der Waals surface area contributed by atoms with Gasteiger partial charge in [0.2, 0.25) is 5.91 Å². The van der Waals surface area contributed by atoms with Crippen LogP contribution in [0.3, 0.4) is 0 Å². The maximum absolute atomic E-state index is 12.2. The SMILES string of the molecule is CNC(=O)NCc1nnn2c1CN(Cc1ccccc1)C(=O)C2. The highest BCUT2D eigenvalue weighted by atomic mass is 16.2. The fourth-order valence-corrected chi connectivity index (χ4v) is 2.50. The van der Waals surface area contributed by atoms with Gasteiger partial charge in [0.15, 0.2) is 0 Å². The Labute approximate surface area is 133 Å². The van der Waals surface area contributed by atoms with Gasteiger partial charge in [0.1, 0.15) is 12.2 Å². The zero-order valence-electron chi connectivity index (χ0n) is 12.8. The number of aromatic nitrogens is 3. The van der Waals surface area contributed by atoms with E-state index >= 15 is 0 Å². The fraction of sp³-hybridized carbons (Fsp3) is 0.333. The number of amides is 3. The molecule has 8 heteroatoms. The molecule has 3 rings (SSSR count). The second-order valence-electron chi connectivity index (χ2n) is 5.31. The van der Waals surface area contributed by atoms with Gasteiger partial charge < -0.3 is 15.5 Å². The Morgan fingerprint density at radius 3 is 2.78 bits per heavy atom. The number of rotatable bonds is 4. The Hall–Kier alpha value is -2.90. The van der Waals surface area contributed by atoms with Gasteiger partial charge in [-0.2, -0.15) is 0 Å². The molecule has 0 atom stereocenters. The number of hydrogen-bond acceptors (Lipinski definition) is 4. The molecule has 120 valence electrons. The van der Waals surface area contributed by atoms with Crippen molar-refractivity contribution in [3.63, 3.8) is 0 Å².